The van der Waals surface area contributed by atoms with Crippen LogP contribution in [-0.4, -0.2) is 24.3 Å². The molecule has 0 fully saturated rings. The fourth-order valence-electron chi connectivity index (χ4n) is 2.81. The van der Waals surface area contributed by atoms with Gasteiger partial charge in [-0.2, -0.15) is 0 Å². The maximum Gasteiger partial charge on any atom is 0.343 e. The quantitative estimate of drug-likeness (QED) is 0.304. The largest absolute Gasteiger partial charge is 0.494 e. The van der Waals surface area contributed by atoms with Gasteiger partial charge in [0.25, 0.3) is 0 Å². The third-order valence-electron chi connectivity index (χ3n) is 4.43. The molecule has 0 radical (unpaired) electrons. The van der Waals surface area contributed by atoms with Crippen molar-refractivity contribution in [1.82, 2.24) is 0 Å². The molecule has 0 saturated carbocycles. The number of carbonyl (C=O) groups is 3. The molecule has 0 bridgehead atoms. The number of esters is 2. The number of hydrogen-bond donors (Lipinski definition) is 0. The number of ether oxygens (including phenoxy) is 3. The van der Waals surface area contributed by atoms with Crippen molar-refractivity contribution in [3.05, 3.63) is 89.0 Å². The van der Waals surface area contributed by atoms with E-state index in [1.807, 2.05) is 13.8 Å². The lowest BCUT2D eigenvalue weighted by atomic mass is 10.1. The van der Waals surface area contributed by atoms with Crippen LogP contribution in [0.3, 0.4) is 0 Å². The molecule has 3 rings (SSSR count). The van der Waals surface area contributed by atoms with Crippen LogP contribution in [-0.2, 0) is 0 Å². The molecular weight excluding hydrogens is 396 g/mol. The van der Waals surface area contributed by atoms with E-state index in [1.54, 1.807) is 48.5 Å². The Morgan fingerprint density at radius 2 is 1.29 bits per heavy atom. The zero-order valence-electron chi connectivity index (χ0n) is 17.5. The van der Waals surface area contributed by atoms with Gasteiger partial charge in [0.1, 0.15) is 17.2 Å². The van der Waals surface area contributed by atoms with Crippen LogP contribution < -0.4 is 14.2 Å². The highest BCUT2D eigenvalue weighted by atomic mass is 16.5. The molecule has 0 heterocycles. The highest BCUT2D eigenvalue weighted by molar-refractivity contribution is 5.99. The molecule has 0 unspecified atom stereocenters. The smallest absolute Gasteiger partial charge is 0.343 e. The summed E-state index contributed by atoms with van der Waals surface area (Å²) in [5, 5.41) is 0. The summed E-state index contributed by atoms with van der Waals surface area (Å²) in [5.41, 5.74) is 1.86. The Morgan fingerprint density at radius 1 is 0.742 bits per heavy atom. The minimum absolute atomic E-state index is 0.0847. The first-order valence-electron chi connectivity index (χ1n) is 9.76. The van der Waals surface area contributed by atoms with Gasteiger partial charge in [0.2, 0.25) is 0 Å². The van der Waals surface area contributed by atoms with Crippen molar-refractivity contribution >= 4 is 17.7 Å². The van der Waals surface area contributed by atoms with E-state index in [0.29, 0.717) is 23.5 Å². The van der Waals surface area contributed by atoms with E-state index in [2.05, 4.69) is 0 Å². The molecule has 3 aromatic carbocycles. The Kier molecular flexibility index (Phi) is 6.82. The normalized spacial score (nSPS) is 10.3. The molecule has 3 aromatic rings. The molecule has 6 heteroatoms. The molecule has 0 saturated heterocycles. The van der Waals surface area contributed by atoms with Crippen molar-refractivity contribution in [3.8, 4) is 17.2 Å². The Balaban J connectivity index is 1.76. The van der Waals surface area contributed by atoms with Crippen LogP contribution in [0.25, 0.3) is 0 Å². The van der Waals surface area contributed by atoms with E-state index in [9.17, 15) is 14.4 Å². The molecule has 0 aliphatic carbocycles. The van der Waals surface area contributed by atoms with Crippen LogP contribution in [0.15, 0.2) is 66.7 Å². The number of carbonyl (C=O) groups excluding carboxylic acids is 3. The van der Waals surface area contributed by atoms with Gasteiger partial charge in [-0.05, 0) is 75.4 Å². The Labute approximate surface area is 180 Å². The molecule has 0 aliphatic rings. The second-order valence-electron chi connectivity index (χ2n) is 6.82. The van der Waals surface area contributed by atoms with Crippen molar-refractivity contribution in [3.63, 3.8) is 0 Å². The van der Waals surface area contributed by atoms with Crippen molar-refractivity contribution < 1.29 is 28.6 Å². The summed E-state index contributed by atoms with van der Waals surface area (Å²) in [6, 6.07) is 17.7. The van der Waals surface area contributed by atoms with Crippen LogP contribution in [0.1, 0.15) is 50.5 Å². The maximum atomic E-state index is 12.5. The number of rotatable bonds is 7. The van der Waals surface area contributed by atoms with E-state index in [4.69, 9.17) is 14.2 Å². The van der Waals surface area contributed by atoms with E-state index in [0.717, 1.165) is 5.56 Å². The summed E-state index contributed by atoms with van der Waals surface area (Å²) in [5.74, 6) is -0.590. The minimum atomic E-state index is -0.616. The van der Waals surface area contributed by atoms with Crippen LogP contribution in [0.5, 0.6) is 17.2 Å². The zero-order chi connectivity index (χ0) is 22.4. The number of hydrogen-bond acceptors (Lipinski definition) is 6. The Hall–Kier alpha value is -3.93. The van der Waals surface area contributed by atoms with Crippen LogP contribution in [0.2, 0.25) is 0 Å². The molecule has 0 atom stereocenters. The minimum Gasteiger partial charge on any atom is -0.494 e. The van der Waals surface area contributed by atoms with Crippen LogP contribution in [0, 0.1) is 6.92 Å². The number of ketones is 1. The fraction of sp³-hybridized carbons (Fsp3) is 0.160. The van der Waals surface area contributed by atoms with Gasteiger partial charge in [-0.15, -0.1) is 0 Å². The van der Waals surface area contributed by atoms with Gasteiger partial charge in [-0.3, -0.25) is 4.79 Å². The monoisotopic (exact) mass is 418 g/mol. The Bertz CT molecular complexity index is 1100. The number of benzene rings is 3. The maximum absolute atomic E-state index is 12.5. The van der Waals surface area contributed by atoms with E-state index in [1.165, 1.54) is 25.1 Å². The number of aryl methyl sites for hydroxylation is 1. The molecule has 158 valence electrons. The predicted octanol–water partition coefficient (Wildman–Crippen LogP) is 5.03. The summed E-state index contributed by atoms with van der Waals surface area (Å²) in [4.78, 5) is 36.9. The molecule has 0 amide bonds. The first-order valence-corrected chi connectivity index (χ1v) is 9.76. The fourth-order valence-corrected chi connectivity index (χ4v) is 2.81. The van der Waals surface area contributed by atoms with Crippen LogP contribution >= 0.6 is 0 Å². The summed E-state index contributed by atoms with van der Waals surface area (Å²) < 4.78 is 16.1. The third-order valence-corrected chi connectivity index (χ3v) is 4.43. The molecule has 0 aliphatic heterocycles. The Morgan fingerprint density at radius 3 is 1.87 bits per heavy atom. The van der Waals surface area contributed by atoms with Crippen molar-refractivity contribution in [2.75, 3.05) is 6.61 Å². The predicted molar refractivity (Wildman–Crippen MR) is 115 cm³/mol. The second-order valence-corrected chi connectivity index (χ2v) is 6.82. The molecule has 31 heavy (non-hydrogen) atoms. The van der Waals surface area contributed by atoms with Gasteiger partial charge in [-0.25, -0.2) is 9.59 Å². The number of Topliss-reactive ketones (excluding diaryl/α,β-unsaturated/α-hetero) is 1. The lowest BCUT2D eigenvalue weighted by molar-refractivity contribution is 0.0716. The van der Waals surface area contributed by atoms with E-state index < -0.39 is 11.9 Å². The topological polar surface area (TPSA) is 78.9 Å². The lowest BCUT2D eigenvalue weighted by Gasteiger charge is -2.11. The SMILES string of the molecule is CCOc1ccc(C(=O)Oc2ccc(OC(=O)c3ccc(C)cc3)cc2C(C)=O)cc1. The summed E-state index contributed by atoms with van der Waals surface area (Å²) >= 11 is 0. The van der Waals surface area contributed by atoms with Gasteiger partial charge in [0.15, 0.2) is 5.78 Å². The molecule has 0 spiro atoms. The molecular formula is C25H22O6. The van der Waals surface area contributed by atoms with Gasteiger partial charge in [0.05, 0.1) is 23.3 Å². The molecule has 0 aromatic heterocycles. The first-order chi connectivity index (χ1) is 14.9. The summed E-state index contributed by atoms with van der Waals surface area (Å²) in [7, 11) is 0. The summed E-state index contributed by atoms with van der Waals surface area (Å²) in [6.45, 7) is 5.65. The molecule has 0 N–H and O–H groups in total. The van der Waals surface area contributed by atoms with Gasteiger partial charge >= 0.3 is 11.9 Å². The highest BCUT2D eigenvalue weighted by Gasteiger charge is 2.17. The average Bonchev–Trinajstić information content (AvgIpc) is 2.75. The van der Waals surface area contributed by atoms with Crippen LogP contribution in [0.4, 0.5) is 0 Å². The van der Waals surface area contributed by atoms with Gasteiger partial charge in [-0.1, -0.05) is 17.7 Å². The molecule has 6 nitrogen and oxygen atoms in total. The highest BCUT2D eigenvalue weighted by Crippen LogP contribution is 2.26. The average molecular weight is 418 g/mol. The first kappa shape index (κ1) is 21.8. The second kappa shape index (κ2) is 9.71. The summed E-state index contributed by atoms with van der Waals surface area (Å²) in [6.07, 6.45) is 0. The van der Waals surface area contributed by atoms with E-state index in [-0.39, 0.29) is 22.8 Å². The van der Waals surface area contributed by atoms with Gasteiger partial charge < -0.3 is 14.2 Å². The van der Waals surface area contributed by atoms with Crippen molar-refractivity contribution in [1.29, 1.82) is 0 Å². The zero-order valence-corrected chi connectivity index (χ0v) is 17.5. The standard InChI is InChI=1S/C25H22O6/c1-4-29-20-11-9-19(10-12-20)25(28)31-23-14-13-21(15-22(23)17(3)26)30-24(27)18-7-5-16(2)6-8-18/h5-15H,4H2,1-3H3. The van der Waals surface area contributed by atoms with E-state index >= 15 is 0 Å². The lowest BCUT2D eigenvalue weighted by Crippen LogP contribution is -2.12. The van der Waals surface area contributed by atoms with Gasteiger partial charge in [0, 0.05) is 0 Å². The van der Waals surface area contributed by atoms with Crippen molar-refractivity contribution in [2.24, 2.45) is 0 Å². The third kappa shape index (κ3) is 5.57. The van der Waals surface area contributed by atoms with Crippen molar-refractivity contribution in [2.45, 2.75) is 20.8 Å².